The van der Waals surface area contributed by atoms with Crippen molar-refractivity contribution in [1.82, 2.24) is 19.9 Å². The molecular formula is C15H19N5OS. The Morgan fingerprint density at radius 2 is 2.14 bits per heavy atom. The van der Waals surface area contributed by atoms with E-state index < -0.39 is 0 Å². The molecule has 2 aromatic heterocycles. The smallest absolute Gasteiger partial charge is 0.220 e. The van der Waals surface area contributed by atoms with Gasteiger partial charge in [0.1, 0.15) is 5.69 Å². The largest absolute Gasteiger partial charge is 0.489 e. The first-order valence-electron chi connectivity index (χ1n) is 7.64. The van der Waals surface area contributed by atoms with E-state index in [1.807, 2.05) is 0 Å². The summed E-state index contributed by atoms with van der Waals surface area (Å²) in [4.78, 5) is 16.8. The molecule has 0 bridgehead atoms. The summed E-state index contributed by atoms with van der Waals surface area (Å²) in [6.07, 6.45) is 4.84. The fourth-order valence-corrected chi connectivity index (χ4v) is 4.34. The predicted molar refractivity (Wildman–Crippen MR) is 86.2 cm³/mol. The molecule has 0 aromatic carbocycles. The third-order valence-corrected chi connectivity index (χ3v) is 5.63. The number of nitrogens with two attached hydrogens (primary N) is 1. The lowest BCUT2D eigenvalue weighted by molar-refractivity contribution is 0.255. The van der Waals surface area contributed by atoms with Crippen LogP contribution in [0.5, 0.6) is 5.75 Å². The van der Waals surface area contributed by atoms with Gasteiger partial charge in [-0.25, -0.2) is 15.0 Å². The Kier molecular flexibility index (Phi) is 3.46. The number of piperidine rings is 1. The molecular weight excluding hydrogens is 298 g/mol. The third kappa shape index (κ3) is 2.44. The van der Waals surface area contributed by atoms with Crippen molar-refractivity contribution in [3.05, 3.63) is 16.9 Å². The third-order valence-electron chi connectivity index (χ3n) is 4.37. The zero-order valence-corrected chi connectivity index (χ0v) is 13.4. The number of fused-ring (bicyclic) bond motifs is 3. The van der Waals surface area contributed by atoms with Gasteiger partial charge in [0.2, 0.25) is 5.95 Å². The van der Waals surface area contributed by atoms with E-state index in [1.54, 1.807) is 17.5 Å². The standard InChI is InChI=1S/C15H19N5OS/c1-20-5-2-9(3-6-20)14-18-10-4-7-21-11-8-17-15(16)19-12(11)13(10)22-14/h8-9H,2-7H2,1H3,(H2,16,17,19). The molecule has 0 unspecified atom stereocenters. The summed E-state index contributed by atoms with van der Waals surface area (Å²) < 4.78 is 5.72. The lowest BCUT2D eigenvalue weighted by Gasteiger charge is -2.27. The number of hydrogen-bond donors (Lipinski definition) is 1. The maximum atomic E-state index is 5.76. The molecule has 22 heavy (non-hydrogen) atoms. The van der Waals surface area contributed by atoms with Crippen molar-refractivity contribution < 1.29 is 4.74 Å². The number of nitrogens with zero attached hydrogens (tertiary/aromatic N) is 4. The van der Waals surface area contributed by atoms with Gasteiger partial charge in [-0.2, -0.15) is 0 Å². The van der Waals surface area contributed by atoms with Gasteiger partial charge in [0.05, 0.1) is 28.4 Å². The van der Waals surface area contributed by atoms with Gasteiger partial charge in [-0.05, 0) is 33.0 Å². The maximum absolute atomic E-state index is 5.76. The molecule has 2 aromatic rings. The van der Waals surface area contributed by atoms with Gasteiger partial charge >= 0.3 is 0 Å². The summed E-state index contributed by atoms with van der Waals surface area (Å²) in [6.45, 7) is 2.90. The monoisotopic (exact) mass is 317 g/mol. The van der Waals surface area contributed by atoms with Crippen molar-refractivity contribution in [1.29, 1.82) is 0 Å². The van der Waals surface area contributed by atoms with Crippen LogP contribution >= 0.6 is 11.3 Å². The fraction of sp³-hybridized carbons (Fsp3) is 0.533. The Morgan fingerprint density at radius 3 is 2.95 bits per heavy atom. The summed E-state index contributed by atoms with van der Waals surface area (Å²) in [7, 11) is 2.18. The summed E-state index contributed by atoms with van der Waals surface area (Å²) in [5.74, 6) is 1.56. The molecule has 1 fully saturated rings. The minimum atomic E-state index is 0.282. The van der Waals surface area contributed by atoms with Crippen molar-refractivity contribution in [3.8, 4) is 16.3 Å². The molecule has 7 heteroatoms. The Bertz CT molecular complexity index is 693. The highest BCUT2D eigenvalue weighted by atomic mass is 32.1. The topological polar surface area (TPSA) is 77.2 Å². The molecule has 0 spiro atoms. The minimum Gasteiger partial charge on any atom is -0.489 e. The molecule has 2 aliphatic heterocycles. The Morgan fingerprint density at radius 1 is 1.32 bits per heavy atom. The summed E-state index contributed by atoms with van der Waals surface area (Å²) >= 11 is 1.75. The van der Waals surface area contributed by atoms with Crippen LogP contribution in [0.4, 0.5) is 5.95 Å². The Hall–Kier alpha value is -1.73. The van der Waals surface area contributed by atoms with E-state index in [9.17, 15) is 0 Å². The first-order chi connectivity index (χ1) is 10.7. The molecule has 0 saturated carbocycles. The lowest BCUT2D eigenvalue weighted by Crippen LogP contribution is -2.29. The van der Waals surface area contributed by atoms with E-state index in [1.165, 1.54) is 17.8 Å². The number of ether oxygens (including phenoxy) is 1. The van der Waals surface area contributed by atoms with Crippen molar-refractivity contribution >= 4 is 17.3 Å². The van der Waals surface area contributed by atoms with E-state index in [0.717, 1.165) is 35.8 Å². The molecule has 6 nitrogen and oxygen atoms in total. The molecule has 4 rings (SSSR count). The average molecular weight is 317 g/mol. The van der Waals surface area contributed by atoms with Gasteiger partial charge in [-0.15, -0.1) is 11.3 Å². The quantitative estimate of drug-likeness (QED) is 0.866. The molecule has 2 N–H and O–H groups in total. The van der Waals surface area contributed by atoms with Gasteiger partial charge in [-0.1, -0.05) is 0 Å². The van der Waals surface area contributed by atoms with Crippen LogP contribution in [0.15, 0.2) is 6.20 Å². The van der Waals surface area contributed by atoms with E-state index in [2.05, 4.69) is 21.9 Å². The second-order valence-electron chi connectivity index (χ2n) is 5.94. The fourth-order valence-electron chi connectivity index (χ4n) is 3.07. The Labute approximate surface area is 133 Å². The van der Waals surface area contributed by atoms with Crippen LogP contribution in [0.1, 0.15) is 29.5 Å². The average Bonchev–Trinajstić information content (AvgIpc) is 2.86. The number of hydrogen-bond acceptors (Lipinski definition) is 7. The maximum Gasteiger partial charge on any atom is 0.220 e. The zero-order chi connectivity index (χ0) is 15.1. The highest BCUT2D eigenvalue weighted by molar-refractivity contribution is 7.15. The normalized spacial score (nSPS) is 19.1. The van der Waals surface area contributed by atoms with Crippen molar-refractivity contribution in [2.45, 2.75) is 25.2 Å². The lowest BCUT2D eigenvalue weighted by atomic mass is 9.98. The number of rotatable bonds is 1. The number of thiazole rings is 1. The van der Waals surface area contributed by atoms with Crippen LogP contribution in [0, 0.1) is 0 Å². The van der Waals surface area contributed by atoms with E-state index >= 15 is 0 Å². The van der Waals surface area contributed by atoms with Gasteiger partial charge in [-0.3, -0.25) is 0 Å². The van der Waals surface area contributed by atoms with Gasteiger partial charge < -0.3 is 15.4 Å². The van der Waals surface area contributed by atoms with Gasteiger partial charge in [0, 0.05) is 12.3 Å². The number of likely N-dealkylation sites (tertiary alicyclic amines) is 1. The molecule has 0 atom stereocenters. The molecule has 116 valence electrons. The van der Waals surface area contributed by atoms with Crippen LogP contribution < -0.4 is 10.5 Å². The SMILES string of the molecule is CN1CCC(c2nc3c(s2)-c2nc(N)ncc2OCC3)CC1. The zero-order valence-electron chi connectivity index (χ0n) is 12.6. The second kappa shape index (κ2) is 5.48. The molecule has 0 radical (unpaired) electrons. The highest BCUT2D eigenvalue weighted by Gasteiger charge is 2.27. The van der Waals surface area contributed by atoms with Crippen LogP contribution in [0.2, 0.25) is 0 Å². The molecule has 0 amide bonds. The molecule has 0 aliphatic carbocycles. The predicted octanol–water partition coefficient (Wildman–Crippen LogP) is 1.93. The van der Waals surface area contributed by atoms with E-state index in [4.69, 9.17) is 15.5 Å². The minimum absolute atomic E-state index is 0.282. The summed E-state index contributed by atoms with van der Waals surface area (Å²) in [5.41, 5.74) is 7.65. The van der Waals surface area contributed by atoms with E-state index in [-0.39, 0.29) is 5.95 Å². The van der Waals surface area contributed by atoms with Crippen LogP contribution in [-0.2, 0) is 6.42 Å². The summed E-state index contributed by atoms with van der Waals surface area (Å²) in [6, 6.07) is 0. The van der Waals surface area contributed by atoms with Crippen LogP contribution in [0.25, 0.3) is 10.6 Å². The van der Waals surface area contributed by atoms with E-state index in [0.29, 0.717) is 18.3 Å². The van der Waals surface area contributed by atoms with Gasteiger partial charge in [0.15, 0.2) is 5.75 Å². The highest BCUT2D eigenvalue weighted by Crippen LogP contribution is 2.41. The Balaban J connectivity index is 1.72. The molecule has 1 saturated heterocycles. The first kappa shape index (κ1) is 13.9. The van der Waals surface area contributed by atoms with Crippen LogP contribution in [-0.4, -0.2) is 46.6 Å². The number of nitrogen functional groups attached to an aromatic ring is 1. The van der Waals surface area contributed by atoms with Crippen LogP contribution in [0.3, 0.4) is 0 Å². The second-order valence-corrected chi connectivity index (χ2v) is 6.98. The number of aromatic nitrogens is 3. The van der Waals surface area contributed by atoms with Crippen molar-refractivity contribution in [2.24, 2.45) is 0 Å². The van der Waals surface area contributed by atoms with Crippen molar-refractivity contribution in [2.75, 3.05) is 32.5 Å². The van der Waals surface area contributed by atoms with Gasteiger partial charge in [0.25, 0.3) is 0 Å². The number of anilines is 1. The first-order valence-corrected chi connectivity index (χ1v) is 8.46. The van der Waals surface area contributed by atoms with Crippen molar-refractivity contribution in [3.63, 3.8) is 0 Å². The molecule has 2 aliphatic rings. The summed E-state index contributed by atoms with van der Waals surface area (Å²) in [5, 5.41) is 1.24. The molecule has 4 heterocycles.